The molecule has 4 rings (SSSR count). The molecule has 1 heterocycles. The lowest BCUT2D eigenvalue weighted by molar-refractivity contribution is -0.139. The molecule has 0 aromatic heterocycles. The molecule has 0 radical (unpaired) electrons. The molecule has 30 heavy (non-hydrogen) atoms. The molecular weight excluding hydrogens is 403 g/mol. The van der Waals surface area contributed by atoms with Gasteiger partial charge in [-0.15, -0.1) is 0 Å². The Labute approximate surface area is 177 Å². The molecule has 0 spiro atoms. The van der Waals surface area contributed by atoms with Crippen LogP contribution in [0.3, 0.4) is 0 Å². The number of hydrogen-bond acceptors (Lipinski definition) is 3. The predicted molar refractivity (Wildman–Crippen MR) is 115 cm³/mol. The molecule has 5 nitrogen and oxygen atoms in total. The van der Waals surface area contributed by atoms with Crippen LogP contribution in [0.15, 0.2) is 48.5 Å². The van der Waals surface area contributed by atoms with Crippen LogP contribution >= 0.6 is 0 Å². The van der Waals surface area contributed by atoms with Crippen molar-refractivity contribution < 1.29 is 17.6 Å². The van der Waals surface area contributed by atoms with Gasteiger partial charge >= 0.3 is 0 Å². The molecule has 0 bridgehead atoms. The summed E-state index contributed by atoms with van der Waals surface area (Å²) in [5.74, 6) is -0.200. The number of likely N-dealkylation sites (tertiary alicyclic amines) is 1. The summed E-state index contributed by atoms with van der Waals surface area (Å²) in [6, 6.07) is 13.8. The number of carbonyl (C=O) groups excluding carboxylic acids is 1. The Balaban J connectivity index is 1.62. The van der Waals surface area contributed by atoms with Gasteiger partial charge in [0.25, 0.3) is 0 Å². The first kappa shape index (κ1) is 21.0. The van der Waals surface area contributed by atoms with E-state index in [0.717, 1.165) is 42.2 Å². The van der Waals surface area contributed by atoms with Crippen LogP contribution in [-0.2, 0) is 21.2 Å². The number of nitrogens with one attached hydrogen (secondary N) is 1. The Bertz CT molecular complexity index is 1020. The second-order valence-electron chi connectivity index (χ2n) is 8.43. The Kier molecular flexibility index (Phi) is 5.93. The Morgan fingerprint density at radius 2 is 1.83 bits per heavy atom. The van der Waals surface area contributed by atoms with E-state index in [1.807, 2.05) is 41.3 Å². The van der Waals surface area contributed by atoms with Crippen molar-refractivity contribution in [2.45, 2.75) is 44.2 Å². The van der Waals surface area contributed by atoms with E-state index >= 15 is 0 Å². The number of hydrogen-bond donors (Lipinski definition) is 1. The van der Waals surface area contributed by atoms with Crippen molar-refractivity contribution in [3.05, 3.63) is 59.9 Å². The Morgan fingerprint density at radius 3 is 2.47 bits per heavy atom. The lowest BCUT2D eigenvalue weighted by Crippen LogP contribution is -2.49. The van der Waals surface area contributed by atoms with Crippen LogP contribution in [-0.4, -0.2) is 44.1 Å². The molecule has 1 aliphatic heterocycles. The molecule has 7 heteroatoms. The van der Waals surface area contributed by atoms with Crippen molar-refractivity contribution in [3.8, 4) is 11.1 Å². The second kappa shape index (κ2) is 8.47. The maximum Gasteiger partial charge on any atom is 0.225 e. The number of rotatable bonds is 6. The molecule has 1 N–H and O–H groups in total. The van der Waals surface area contributed by atoms with E-state index in [9.17, 15) is 17.6 Å². The van der Waals surface area contributed by atoms with Gasteiger partial charge in [0.1, 0.15) is 5.82 Å². The summed E-state index contributed by atoms with van der Waals surface area (Å²) in [6.45, 7) is 0.522. The van der Waals surface area contributed by atoms with Gasteiger partial charge in [-0.3, -0.25) is 4.79 Å². The first-order valence-corrected chi connectivity index (χ1v) is 12.3. The number of benzene rings is 2. The van der Waals surface area contributed by atoms with Gasteiger partial charge in [0.15, 0.2) is 0 Å². The fourth-order valence-electron chi connectivity index (χ4n) is 4.49. The van der Waals surface area contributed by atoms with Crippen LogP contribution in [0.2, 0.25) is 0 Å². The van der Waals surface area contributed by atoms with Crippen molar-refractivity contribution in [3.63, 3.8) is 0 Å². The third-order valence-electron chi connectivity index (χ3n) is 6.16. The van der Waals surface area contributed by atoms with Crippen LogP contribution in [0.5, 0.6) is 0 Å². The zero-order valence-electron chi connectivity index (χ0n) is 17.1. The Morgan fingerprint density at radius 1 is 1.10 bits per heavy atom. The van der Waals surface area contributed by atoms with E-state index in [4.69, 9.17) is 0 Å². The number of halogens is 1. The van der Waals surface area contributed by atoms with Crippen molar-refractivity contribution in [1.29, 1.82) is 0 Å². The average Bonchev–Trinajstić information content (AvgIpc) is 3.01. The summed E-state index contributed by atoms with van der Waals surface area (Å²) in [5.41, 5.74) is 2.44. The molecule has 1 amide bonds. The van der Waals surface area contributed by atoms with Crippen LogP contribution in [0.1, 0.15) is 31.2 Å². The molecule has 2 fully saturated rings. The Hall–Kier alpha value is -2.25. The molecule has 1 saturated heterocycles. The molecule has 160 valence electrons. The maximum absolute atomic E-state index is 14.4. The van der Waals surface area contributed by atoms with Crippen molar-refractivity contribution in [1.82, 2.24) is 9.62 Å². The molecule has 2 aliphatic rings. The summed E-state index contributed by atoms with van der Waals surface area (Å²) in [6.07, 6.45) is 4.95. The first-order valence-electron chi connectivity index (χ1n) is 10.4. The largest absolute Gasteiger partial charge is 0.337 e. The quantitative estimate of drug-likeness (QED) is 0.764. The van der Waals surface area contributed by atoms with Gasteiger partial charge in [-0.05, 0) is 54.5 Å². The van der Waals surface area contributed by atoms with Crippen molar-refractivity contribution in [2.75, 3.05) is 12.8 Å². The number of nitrogens with zero attached hydrogens (tertiary/aromatic N) is 1. The van der Waals surface area contributed by atoms with E-state index in [2.05, 4.69) is 4.72 Å². The normalized spacial score (nSPS) is 22.1. The third kappa shape index (κ3) is 4.73. The zero-order valence-corrected chi connectivity index (χ0v) is 17.9. The smallest absolute Gasteiger partial charge is 0.225 e. The topological polar surface area (TPSA) is 66.5 Å². The first-order chi connectivity index (χ1) is 14.3. The molecule has 1 aliphatic carbocycles. The van der Waals surface area contributed by atoms with Crippen LogP contribution in [0.4, 0.5) is 4.39 Å². The van der Waals surface area contributed by atoms with Gasteiger partial charge in [0.2, 0.25) is 15.9 Å². The highest BCUT2D eigenvalue weighted by Crippen LogP contribution is 2.33. The van der Waals surface area contributed by atoms with Crippen molar-refractivity contribution >= 4 is 15.9 Å². The fraction of sp³-hybridized carbons (Fsp3) is 0.435. The predicted octanol–water partition coefficient (Wildman–Crippen LogP) is 3.35. The van der Waals surface area contributed by atoms with E-state index in [1.54, 1.807) is 0 Å². The molecule has 1 saturated carbocycles. The molecule has 2 aromatic rings. The van der Waals surface area contributed by atoms with Crippen molar-refractivity contribution in [2.24, 2.45) is 5.92 Å². The maximum atomic E-state index is 14.4. The standard InChI is InChI=1S/C23H27FN2O3S/c1-30(28,29)25-21-10-11-26(23(27)18-8-5-9-18)22(21)14-16-12-19(15-20(24)13-16)17-6-3-2-4-7-17/h2-4,6-7,12-13,15,18,21-22,25H,5,8-11,14H2,1H3/t21-,22-/m1/s1. The number of amides is 1. The van der Waals surface area contributed by atoms with E-state index in [0.29, 0.717) is 19.4 Å². The fourth-order valence-corrected chi connectivity index (χ4v) is 5.31. The van der Waals surface area contributed by atoms with Gasteiger partial charge in [0, 0.05) is 18.5 Å². The molecule has 2 atom stereocenters. The summed E-state index contributed by atoms with van der Waals surface area (Å²) in [5, 5.41) is 0. The minimum absolute atomic E-state index is 0.0388. The average molecular weight is 431 g/mol. The van der Waals surface area contributed by atoms with Gasteiger partial charge < -0.3 is 4.90 Å². The van der Waals surface area contributed by atoms with Crippen LogP contribution in [0.25, 0.3) is 11.1 Å². The minimum atomic E-state index is -3.42. The molecular formula is C23H27FN2O3S. The monoisotopic (exact) mass is 430 g/mol. The molecule has 2 aromatic carbocycles. The lowest BCUT2D eigenvalue weighted by atomic mass is 9.84. The van der Waals surface area contributed by atoms with E-state index in [1.165, 1.54) is 12.1 Å². The SMILES string of the molecule is CS(=O)(=O)N[C@@H]1CCN(C(=O)C2CCC2)[C@@H]1Cc1cc(F)cc(-c2ccccc2)c1. The lowest BCUT2D eigenvalue weighted by Gasteiger charge is -2.34. The number of sulfonamides is 1. The third-order valence-corrected chi connectivity index (χ3v) is 6.89. The van der Waals surface area contributed by atoms with Gasteiger partial charge in [-0.25, -0.2) is 17.5 Å². The minimum Gasteiger partial charge on any atom is -0.337 e. The van der Waals surface area contributed by atoms with Gasteiger partial charge in [0.05, 0.1) is 12.3 Å². The summed E-state index contributed by atoms with van der Waals surface area (Å²) >= 11 is 0. The van der Waals surface area contributed by atoms with Crippen LogP contribution in [0, 0.1) is 11.7 Å². The number of carbonyl (C=O) groups is 1. The van der Waals surface area contributed by atoms with E-state index in [-0.39, 0.29) is 29.7 Å². The molecule has 0 unspecified atom stereocenters. The summed E-state index contributed by atoms with van der Waals surface area (Å²) in [7, 11) is -3.42. The highest BCUT2D eigenvalue weighted by Gasteiger charge is 2.41. The zero-order chi connectivity index (χ0) is 21.3. The van der Waals surface area contributed by atoms with E-state index < -0.39 is 10.0 Å². The van der Waals surface area contributed by atoms with Gasteiger partial charge in [-0.1, -0.05) is 42.8 Å². The second-order valence-corrected chi connectivity index (χ2v) is 10.2. The van der Waals surface area contributed by atoms with Gasteiger partial charge in [-0.2, -0.15) is 0 Å². The van der Waals surface area contributed by atoms with Crippen LogP contribution < -0.4 is 4.72 Å². The highest BCUT2D eigenvalue weighted by atomic mass is 32.2. The summed E-state index contributed by atoms with van der Waals surface area (Å²) in [4.78, 5) is 14.8. The summed E-state index contributed by atoms with van der Waals surface area (Å²) < 4.78 is 40.9. The highest BCUT2D eigenvalue weighted by molar-refractivity contribution is 7.88.